The monoisotopic (exact) mass is 495 g/mol. The molecule has 3 aromatic rings. The minimum absolute atomic E-state index is 0.0745. The van der Waals surface area contributed by atoms with E-state index in [4.69, 9.17) is 14.6 Å². The van der Waals surface area contributed by atoms with Gasteiger partial charge < -0.3 is 14.4 Å². The molecule has 0 heterocycles. The summed E-state index contributed by atoms with van der Waals surface area (Å²) >= 11 is 3.55. The van der Waals surface area contributed by atoms with Crippen molar-refractivity contribution in [1.29, 1.82) is 0 Å². The van der Waals surface area contributed by atoms with Crippen LogP contribution in [0.5, 0.6) is 11.5 Å². The van der Waals surface area contributed by atoms with E-state index in [0.717, 1.165) is 16.9 Å². The summed E-state index contributed by atoms with van der Waals surface area (Å²) < 4.78 is 12.2. The summed E-state index contributed by atoms with van der Waals surface area (Å²) in [7, 11) is 3.38. The number of benzene rings is 3. The topological polar surface area (TPSA) is 54.4 Å². The van der Waals surface area contributed by atoms with Crippen molar-refractivity contribution in [2.24, 2.45) is 5.10 Å². The van der Waals surface area contributed by atoms with E-state index in [9.17, 15) is 4.79 Å². The molecule has 0 radical (unpaired) electrons. The van der Waals surface area contributed by atoms with Crippen molar-refractivity contribution >= 4 is 39.4 Å². The van der Waals surface area contributed by atoms with Crippen LogP contribution < -0.4 is 14.5 Å². The minimum Gasteiger partial charge on any atom is -0.490 e. The molecule has 0 saturated heterocycles. The number of amides is 1. The fourth-order valence-electron chi connectivity index (χ4n) is 2.87. The Hall–Kier alpha value is -3.32. The van der Waals surface area contributed by atoms with Gasteiger partial charge >= 0.3 is 0 Å². The van der Waals surface area contributed by atoms with Crippen LogP contribution in [0, 0.1) is 0 Å². The molecule has 3 aromatic carbocycles. The van der Waals surface area contributed by atoms with Crippen molar-refractivity contribution in [3.63, 3.8) is 0 Å². The van der Waals surface area contributed by atoms with Gasteiger partial charge in [0.2, 0.25) is 0 Å². The molecule has 0 fully saturated rings. The lowest BCUT2D eigenvalue weighted by atomic mass is 10.2. The van der Waals surface area contributed by atoms with Crippen LogP contribution >= 0.6 is 15.9 Å². The van der Waals surface area contributed by atoms with Gasteiger partial charge in [0.1, 0.15) is 0 Å². The number of halogens is 1. The van der Waals surface area contributed by atoms with Gasteiger partial charge in [-0.05, 0) is 64.8 Å². The Balaban J connectivity index is 1.91. The van der Waals surface area contributed by atoms with Crippen LogP contribution in [0.4, 0.5) is 11.4 Å². The first-order valence-corrected chi connectivity index (χ1v) is 11.0. The molecule has 0 saturated carbocycles. The molecule has 0 bridgehead atoms. The third-order valence-corrected chi connectivity index (χ3v) is 5.08. The highest BCUT2D eigenvalue weighted by molar-refractivity contribution is 9.10. The first kappa shape index (κ1) is 23.3. The van der Waals surface area contributed by atoms with E-state index < -0.39 is 0 Å². The number of hydrogen-bond donors (Lipinski definition) is 0. The van der Waals surface area contributed by atoms with E-state index in [1.807, 2.05) is 84.7 Å². The van der Waals surface area contributed by atoms with Gasteiger partial charge in [-0.2, -0.15) is 5.10 Å². The van der Waals surface area contributed by atoms with Crippen molar-refractivity contribution in [1.82, 2.24) is 4.90 Å². The molecular weight excluding hydrogens is 470 g/mol. The molecule has 166 valence electrons. The van der Waals surface area contributed by atoms with Crippen LogP contribution in [0.15, 0.2) is 82.4 Å². The van der Waals surface area contributed by atoms with Crippen LogP contribution in [0.2, 0.25) is 0 Å². The molecule has 3 rings (SSSR count). The van der Waals surface area contributed by atoms with Gasteiger partial charge in [0.25, 0.3) is 5.91 Å². The second-order valence-electron chi connectivity index (χ2n) is 7.07. The van der Waals surface area contributed by atoms with E-state index >= 15 is 0 Å². The third kappa shape index (κ3) is 6.11. The van der Waals surface area contributed by atoms with Gasteiger partial charge in [0.05, 0.1) is 28.7 Å². The van der Waals surface area contributed by atoms with E-state index in [-0.39, 0.29) is 12.5 Å². The average molecular weight is 496 g/mol. The summed E-state index contributed by atoms with van der Waals surface area (Å²) in [6.07, 6.45) is 1.77. The number of nitrogens with zero attached hydrogens (tertiary/aromatic N) is 3. The number of hydrazone groups is 1. The van der Waals surface area contributed by atoms with Crippen molar-refractivity contribution in [3.05, 3.63) is 82.8 Å². The third-order valence-electron chi connectivity index (χ3n) is 4.49. The first-order valence-electron chi connectivity index (χ1n) is 10.2. The second kappa shape index (κ2) is 11.3. The predicted octanol–water partition coefficient (Wildman–Crippen LogP) is 5.49. The van der Waals surface area contributed by atoms with E-state index in [2.05, 4.69) is 15.9 Å². The van der Waals surface area contributed by atoms with Gasteiger partial charge in [-0.3, -0.25) is 4.79 Å². The number of para-hydroxylation sites is 2. The summed E-state index contributed by atoms with van der Waals surface area (Å²) in [5.74, 6) is 0.898. The van der Waals surface area contributed by atoms with Crippen LogP contribution in [-0.2, 0) is 4.79 Å². The van der Waals surface area contributed by atoms with E-state index in [1.54, 1.807) is 20.3 Å². The highest BCUT2D eigenvalue weighted by atomic mass is 79.9. The van der Waals surface area contributed by atoms with Gasteiger partial charge in [-0.1, -0.05) is 36.4 Å². The zero-order valence-electron chi connectivity index (χ0n) is 18.4. The highest BCUT2D eigenvalue weighted by Gasteiger charge is 2.15. The molecule has 6 nitrogen and oxygen atoms in total. The molecule has 0 aliphatic heterocycles. The zero-order chi connectivity index (χ0) is 22.9. The second-order valence-corrected chi connectivity index (χ2v) is 7.92. The fourth-order valence-corrected chi connectivity index (χ4v) is 3.45. The Kier molecular flexibility index (Phi) is 8.27. The first-order chi connectivity index (χ1) is 15.5. The molecule has 0 N–H and O–H groups in total. The molecular formula is C25H26BrN3O3. The van der Waals surface area contributed by atoms with Crippen molar-refractivity contribution < 1.29 is 14.3 Å². The van der Waals surface area contributed by atoms with Crippen molar-refractivity contribution in [2.45, 2.75) is 6.92 Å². The standard InChI is InChI=1S/C25H26BrN3O3/c1-4-31-23-16-19(15-22(26)25(23)32-18-24(30)28(2)3)17-27-29(20-11-7-5-8-12-20)21-13-9-6-10-14-21/h5-17H,4,18H2,1-3H3. The molecule has 7 heteroatoms. The lowest BCUT2D eigenvalue weighted by molar-refractivity contribution is -0.130. The summed E-state index contributed by atoms with van der Waals surface area (Å²) in [5, 5.41) is 6.60. The fraction of sp³-hybridized carbons (Fsp3) is 0.200. The van der Waals surface area contributed by atoms with Gasteiger partial charge in [0.15, 0.2) is 18.1 Å². The van der Waals surface area contributed by atoms with Crippen LogP contribution in [0.1, 0.15) is 12.5 Å². The minimum atomic E-state index is -0.133. The SMILES string of the molecule is CCOc1cc(C=NN(c2ccccc2)c2ccccc2)cc(Br)c1OCC(=O)N(C)C. The molecule has 0 aliphatic carbocycles. The summed E-state index contributed by atoms with van der Waals surface area (Å²) in [6.45, 7) is 2.29. The normalized spacial score (nSPS) is 10.8. The highest BCUT2D eigenvalue weighted by Crippen LogP contribution is 2.37. The predicted molar refractivity (Wildman–Crippen MR) is 132 cm³/mol. The molecule has 1 amide bonds. The zero-order valence-corrected chi connectivity index (χ0v) is 20.0. The average Bonchev–Trinajstić information content (AvgIpc) is 2.80. The maximum absolute atomic E-state index is 11.9. The Bertz CT molecular complexity index is 1020. The van der Waals surface area contributed by atoms with Gasteiger partial charge in [-0.25, -0.2) is 5.01 Å². The number of carbonyl (C=O) groups is 1. The number of ether oxygens (including phenoxy) is 2. The molecule has 0 spiro atoms. The largest absolute Gasteiger partial charge is 0.490 e. The Morgan fingerprint density at radius 1 is 0.969 bits per heavy atom. The maximum atomic E-state index is 11.9. The van der Waals surface area contributed by atoms with Crippen LogP contribution in [-0.4, -0.2) is 44.3 Å². The van der Waals surface area contributed by atoms with Crippen molar-refractivity contribution in [3.8, 4) is 11.5 Å². The number of hydrogen-bond acceptors (Lipinski definition) is 5. The number of anilines is 2. The van der Waals surface area contributed by atoms with E-state index in [0.29, 0.717) is 22.6 Å². The van der Waals surface area contributed by atoms with Gasteiger partial charge in [0, 0.05) is 14.1 Å². The summed E-state index contributed by atoms with van der Waals surface area (Å²) in [4.78, 5) is 13.4. The van der Waals surface area contributed by atoms with Crippen LogP contribution in [0.3, 0.4) is 0 Å². The quantitative estimate of drug-likeness (QED) is 0.291. The smallest absolute Gasteiger partial charge is 0.259 e. The molecule has 0 atom stereocenters. The maximum Gasteiger partial charge on any atom is 0.259 e. The lowest BCUT2D eigenvalue weighted by Crippen LogP contribution is -2.27. The number of likely N-dealkylation sites (N-methyl/N-ethyl adjacent to an activating group) is 1. The molecule has 0 aromatic heterocycles. The molecule has 0 aliphatic rings. The number of carbonyl (C=O) groups excluding carboxylic acids is 1. The Morgan fingerprint density at radius 3 is 2.09 bits per heavy atom. The van der Waals surface area contributed by atoms with Crippen LogP contribution in [0.25, 0.3) is 0 Å². The lowest BCUT2D eigenvalue weighted by Gasteiger charge is -2.19. The van der Waals surface area contributed by atoms with Gasteiger partial charge in [-0.15, -0.1) is 0 Å². The Labute approximate surface area is 197 Å². The number of rotatable bonds is 9. The summed E-state index contributed by atoms with van der Waals surface area (Å²) in [6, 6.07) is 23.6. The molecule has 0 unspecified atom stereocenters. The molecule has 32 heavy (non-hydrogen) atoms. The van der Waals surface area contributed by atoms with Crippen molar-refractivity contribution in [2.75, 3.05) is 32.3 Å². The summed E-state index contributed by atoms with van der Waals surface area (Å²) in [5.41, 5.74) is 2.71. The Morgan fingerprint density at radius 2 is 1.56 bits per heavy atom. The van der Waals surface area contributed by atoms with E-state index in [1.165, 1.54) is 4.90 Å².